The van der Waals surface area contributed by atoms with E-state index >= 15 is 0 Å². The number of aliphatic hydroxyl groups excluding tert-OH is 1. The Hall–Kier alpha value is -3.02. The highest BCUT2D eigenvalue weighted by atomic mass is 16.5. The van der Waals surface area contributed by atoms with Gasteiger partial charge in [-0.3, -0.25) is 9.67 Å². The van der Waals surface area contributed by atoms with Gasteiger partial charge < -0.3 is 30.5 Å². The van der Waals surface area contributed by atoms with Gasteiger partial charge in [-0.05, 0) is 51.6 Å². The van der Waals surface area contributed by atoms with Crippen molar-refractivity contribution < 1.29 is 14.6 Å². The van der Waals surface area contributed by atoms with Crippen molar-refractivity contribution in [1.29, 1.82) is 0 Å². The van der Waals surface area contributed by atoms with Gasteiger partial charge in [0.25, 0.3) is 0 Å². The molecule has 0 saturated carbocycles. The van der Waals surface area contributed by atoms with Gasteiger partial charge >= 0.3 is 0 Å². The second-order valence-electron chi connectivity index (χ2n) is 10.7. The van der Waals surface area contributed by atoms with Crippen LogP contribution in [0.3, 0.4) is 0 Å². The molecule has 2 saturated heterocycles. The summed E-state index contributed by atoms with van der Waals surface area (Å²) in [5, 5.41) is 17.6. The Bertz CT molecular complexity index is 1210. The number of likely N-dealkylation sites (tertiary alicyclic amines) is 1. The molecule has 11 heteroatoms. The normalized spacial score (nSPS) is 18.4. The van der Waals surface area contributed by atoms with Crippen molar-refractivity contribution in [2.45, 2.75) is 76.4 Å². The third-order valence-electron chi connectivity index (χ3n) is 8.12. The summed E-state index contributed by atoms with van der Waals surface area (Å²) in [5.41, 5.74) is 9.48. The zero-order valence-corrected chi connectivity index (χ0v) is 23.2. The lowest BCUT2D eigenvalue weighted by molar-refractivity contribution is 0.0250. The minimum atomic E-state index is 0.0780. The third-order valence-corrected chi connectivity index (χ3v) is 8.12. The number of hydrogen-bond acceptors (Lipinski definition) is 10. The maximum Gasteiger partial charge on any atom is 0.222 e. The maximum atomic E-state index is 9.52. The van der Waals surface area contributed by atoms with Crippen molar-refractivity contribution in [3.05, 3.63) is 29.7 Å². The highest BCUT2D eigenvalue weighted by Gasteiger charge is 2.28. The largest absolute Gasteiger partial charge is 0.496 e. The van der Waals surface area contributed by atoms with Gasteiger partial charge in [0.05, 0.1) is 19.9 Å². The molecule has 0 bridgehead atoms. The van der Waals surface area contributed by atoms with E-state index in [1.54, 1.807) is 13.3 Å². The Morgan fingerprint density at radius 1 is 1.15 bits per heavy atom. The van der Waals surface area contributed by atoms with Gasteiger partial charge in [-0.2, -0.15) is 10.1 Å². The van der Waals surface area contributed by atoms with Crippen LogP contribution in [0.1, 0.15) is 69.0 Å². The molecule has 0 radical (unpaired) electrons. The number of aromatic nitrogens is 5. The summed E-state index contributed by atoms with van der Waals surface area (Å²) in [4.78, 5) is 16.4. The number of methoxy groups -OCH3 is 1. The molecule has 5 heterocycles. The van der Waals surface area contributed by atoms with E-state index in [-0.39, 0.29) is 18.6 Å². The van der Waals surface area contributed by atoms with Crippen molar-refractivity contribution in [2.24, 2.45) is 0 Å². The molecule has 3 aromatic rings. The lowest BCUT2D eigenvalue weighted by atomic mass is 9.91. The van der Waals surface area contributed by atoms with E-state index in [0.29, 0.717) is 36.3 Å². The predicted octanol–water partition coefficient (Wildman–Crippen LogP) is 3.18. The first kappa shape index (κ1) is 27.5. The standard InChI is InChI=1S/C28H42N8O3/c1-3-4-21(7-12-37)32-27-26-24(33-28(29)34-27)17-31-36(26)18-20-16-30-23(15-25(20)38-2)19-5-10-35(11-6-19)22-8-13-39-14-9-22/h15-17,19,21-22,37H,3-14,18H2,1-2H3,(H3,29,32,33,34)/t21-/m0/s1. The minimum Gasteiger partial charge on any atom is -0.496 e. The van der Waals surface area contributed by atoms with E-state index in [4.69, 9.17) is 20.2 Å². The number of rotatable bonds is 11. The molecule has 2 aliphatic rings. The molecule has 0 spiro atoms. The summed E-state index contributed by atoms with van der Waals surface area (Å²) in [5.74, 6) is 2.06. The zero-order chi connectivity index (χ0) is 27.2. The number of anilines is 2. The minimum absolute atomic E-state index is 0.0780. The molecule has 2 fully saturated rings. The molecule has 39 heavy (non-hydrogen) atoms. The average Bonchev–Trinajstić information content (AvgIpc) is 3.36. The van der Waals surface area contributed by atoms with Gasteiger partial charge in [0.15, 0.2) is 5.82 Å². The Labute approximate surface area is 230 Å². The molecule has 1 atom stereocenters. The molecule has 3 aromatic heterocycles. The van der Waals surface area contributed by atoms with Crippen LogP contribution in [0.5, 0.6) is 5.75 Å². The van der Waals surface area contributed by atoms with E-state index in [2.05, 4.69) is 38.3 Å². The summed E-state index contributed by atoms with van der Waals surface area (Å²) >= 11 is 0. The van der Waals surface area contributed by atoms with Gasteiger partial charge in [0.1, 0.15) is 16.8 Å². The first-order chi connectivity index (χ1) is 19.1. The van der Waals surface area contributed by atoms with Crippen LogP contribution in [0.25, 0.3) is 11.0 Å². The van der Waals surface area contributed by atoms with Gasteiger partial charge in [0.2, 0.25) is 5.95 Å². The first-order valence-corrected chi connectivity index (χ1v) is 14.3. The van der Waals surface area contributed by atoms with Crippen LogP contribution in [0, 0.1) is 0 Å². The average molecular weight is 539 g/mol. The molecule has 5 rings (SSSR count). The second-order valence-corrected chi connectivity index (χ2v) is 10.7. The van der Waals surface area contributed by atoms with Crippen molar-refractivity contribution in [1.82, 2.24) is 29.6 Å². The van der Waals surface area contributed by atoms with Crippen LogP contribution in [-0.4, -0.2) is 86.8 Å². The number of nitrogens with zero attached hydrogens (tertiary/aromatic N) is 6. The number of aliphatic hydroxyl groups is 1. The summed E-state index contributed by atoms with van der Waals surface area (Å²) < 4.78 is 13.2. The topological polar surface area (TPSA) is 136 Å². The smallest absolute Gasteiger partial charge is 0.222 e. The Morgan fingerprint density at radius 3 is 2.67 bits per heavy atom. The summed E-state index contributed by atoms with van der Waals surface area (Å²) in [6.07, 6.45) is 10.7. The molecule has 0 unspecified atom stereocenters. The number of piperidine rings is 1. The van der Waals surface area contributed by atoms with E-state index in [1.165, 1.54) is 0 Å². The summed E-state index contributed by atoms with van der Waals surface area (Å²) in [6, 6.07) is 2.84. The number of nitrogens with one attached hydrogen (secondary N) is 1. The fraction of sp³-hybridized carbons (Fsp3) is 0.643. The van der Waals surface area contributed by atoms with Crippen molar-refractivity contribution in [2.75, 3.05) is 51.1 Å². The summed E-state index contributed by atoms with van der Waals surface area (Å²) in [7, 11) is 1.71. The number of pyridine rings is 1. The van der Waals surface area contributed by atoms with Crippen LogP contribution < -0.4 is 15.8 Å². The van der Waals surface area contributed by atoms with Crippen LogP contribution in [0.4, 0.5) is 11.8 Å². The molecule has 0 aliphatic carbocycles. The van der Waals surface area contributed by atoms with Gasteiger partial charge in [-0.25, -0.2) is 4.98 Å². The SMILES string of the molecule is CCC[C@@H](CCO)Nc1nc(N)nc2cnn(Cc3cnc(C4CCN(C5CCOCC5)CC4)cc3OC)c12. The molecular weight excluding hydrogens is 496 g/mol. The third kappa shape index (κ3) is 6.42. The van der Waals surface area contributed by atoms with Crippen molar-refractivity contribution in [3.63, 3.8) is 0 Å². The zero-order valence-electron chi connectivity index (χ0n) is 23.2. The monoisotopic (exact) mass is 538 g/mol. The van der Waals surface area contributed by atoms with Crippen LogP contribution in [-0.2, 0) is 11.3 Å². The van der Waals surface area contributed by atoms with Gasteiger partial charge in [0, 0.05) is 61.3 Å². The number of hydrogen-bond donors (Lipinski definition) is 3. The number of nitrogen functional groups attached to an aromatic ring is 1. The van der Waals surface area contributed by atoms with E-state index in [1.807, 2.05) is 10.9 Å². The van der Waals surface area contributed by atoms with Gasteiger partial charge in [-0.15, -0.1) is 0 Å². The highest BCUT2D eigenvalue weighted by Crippen LogP contribution is 2.33. The van der Waals surface area contributed by atoms with E-state index in [9.17, 15) is 5.11 Å². The maximum absolute atomic E-state index is 9.52. The first-order valence-electron chi connectivity index (χ1n) is 14.3. The van der Waals surface area contributed by atoms with Crippen molar-refractivity contribution in [3.8, 4) is 5.75 Å². The molecule has 0 amide bonds. The highest BCUT2D eigenvalue weighted by molar-refractivity contribution is 5.86. The molecule has 0 aromatic carbocycles. The Morgan fingerprint density at radius 2 is 1.95 bits per heavy atom. The predicted molar refractivity (Wildman–Crippen MR) is 151 cm³/mol. The number of ether oxygens (including phenoxy) is 2. The lowest BCUT2D eigenvalue weighted by Crippen LogP contribution is -2.43. The Kier molecular flexibility index (Phi) is 9.10. The molecule has 2 aliphatic heterocycles. The van der Waals surface area contributed by atoms with Crippen LogP contribution in [0.15, 0.2) is 18.5 Å². The van der Waals surface area contributed by atoms with Crippen LogP contribution in [0.2, 0.25) is 0 Å². The molecule has 11 nitrogen and oxygen atoms in total. The molecule has 4 N–H and O–H groups in total. The summed E-state index contributed by atoms with van der Waals surface area (Å²) in [6.45, 7) is 6.67. The second kappa shape index (κ2) is 12.9. The van der Waals surface area contributed by atoms with E-state index < -0.39 is 0 Å². The fourth-order valence-corrected chi connectivity index (χ4v) is 6.01. The van der Waals surface area contributed by atoms with Crippen molar-refractivity contribution >= 4 is 22.8 Å². The molecular formula is C28H42N8O3. The lowest BCUT2D eigenvalue weighted by Gasteiger charge is -2.39. The van der Waals surface area contributed by atoms with Gasteiger partial charge in [-0.1, -0.05) is 13.3 Å². The fourth-order valence-electron chi connectivity index (χ4n) is 6.01. The quantitative estimate of drug-likeness (QED) is 0.334. The Balaban J connectivity index is 1.33. The van der Waals surface area contributed by atoms with Crippen LogP contribution >= 0.6 is 0 Å². The number of nitrogens with two attached hydrogens (primary N) is 1. The number of fused-ring (bicyclic) bond motifs is 1. The van der Waals surface area contributed by atoms with E-state index in [0.717, 1.165) is 87.4 Å². The molecule has 212 valence electrons.